The van der Waals surface area contributed by atoms with Crippen LogP contribution in [0.2, 0.25) is 0 Å². The van der Waals surface area contributed by atoms with E-state index in [2.05, 4.69) is 11.2 Å². The molecule has 2 heterocycles. The standard InChI is InChI=1S/C15H14N2OS/c1-11(18)17-14(12-6-3-2-4-7-12)10-13(16-17)15-8-5-9-19-15/h2-9,14H,10H2,1H3. The first-order valence-electron chi connectivity index (χ1n) is 6.22. The van der Waals surface area contributed by atoms with Gasteiger partial charge in [-0.15, -0.1) is 11.3 Å². The first-order valence-corrected chi connectivity index (χ1v) is 7.10. The van der Waals surface area contributed by atoms with E-state index >= 15 is 0 Å². The fraction of sp³-hybridized carbons (Fsp3) is 0.200. The normalized spacial score (nSPS) is 18.5. The maximum absolute atomic E-state index is 11.8. The van der Waals surface area contributed by atoms with Gasteiger partial charge >= 0.3 is 0 Å². The number of amides is 1. The average molecular weight is 270 g/mol. The summed E-state index contributed by atoms with van der Waals surface area (Å²) in [6.45, 7) is 1.57. The molecule has 1 atom stereocenters. The molecule has 3 nitrogen and oxygen atoms in total. The molecule has 1 aromatic carbocycles. The summed E-state index contributed by atoms with van der Waals surface area (Å²) >= 11 is 1.66. The minimum absolute atomic E-state index is 0.0135. The molecule has 1 amide bonds. The second kappa shape index (κ2) is 4.97. The molecule has 0 spiro atoms. The molecule has 0 saturated heterocycles. The maximum atomic E-state index is 11.8. The largest absolute Gasteiger partial charge is 0.273 e. The maximum Gasteiger partial charge on any atom is 0.240 e. The van der Waals surface area contributed by atoms with Crippen molar-refractivity contribution in [3.63, 3.8) is 0 Å². The lowest BCUT2D eigenvalue weighted by Crippen LogP contribution is -2.24. The highest BCUT2D eigenvalue weighted by Gasteiger charge is 2.31. The molecule has 0 bridgehead atoms. The number of hydrazone groups is 1. The van der Waals surface area contributed by atoms with Crippen molar-refractivity contribution in [1.29, 1.82) is 0 Å². The Labute approximate surface area is 116 Å². The predicted molar refractivity (Wildman–Crippen MR) is 77.2 cm³/mol. The second-order valence-electron chi connectivity index (χ2n) is 4.52. The third-order valence-corrected chi connectivity index (χ3v) is 4.14. The summed E-state index contributed by atoms with van der Waals surface area (Å²) in [7, 11) is 0. The van der Waals surface area contributed by atoms with Crippen molar-refractivity contribution in [3.8, 4) is 0 Å². The highest BCUT2D eigenvalue weighted by atomic mass is 32.1. The Bertz CT molecular complexity index is 604. The van der Waals surface area contributed by atoms with E-state index in [-0.39, 0.29) is 11.9 Å². The molecular formula is C15H14N2OS. The molecule has 96 valence electrons. The van der Waals surface area contributed by atoms with Crippen LogP contribution in [0, 0.1) is 0 Å². The average Bonchev–Trinajstić information content (AvgIpc) is 3.08. The first-order chi connectivity index (χ1) is 9.25. The summed E-state index contributed by atoms with van der Waals surface area (Å²) in [5.74, 6) is -0.0135. The Hall–Kier alpha value is -1.94. The molecule has 0 N–H and O–H groups in total. The van der Waals surface area contributed by atoms with E-state index in [4.69, 9.17) is 0 Å². The van der Waals surface area contributed by atoms with Crippen LogP contribution in [0.15, 0.2) is 52.9 Å². The summed E-state index contributed by atoms with van der Waals surface area (Å²) in [4.78, 5) is 12.9. The molecule has 1 aromatic heterocycles. The molecule has 0 saturated carbocycles. The number of hydrogen-bond donors (Lipinski definition) is 0. The molecule has 4 heteroatoms. The van der Waals surface area contributed by atoms with E-state index < -0.39 is 0 Å². The van der Waals surface area contributed by atoms with Gasteiger partial charge in [0.1, 0.15) is 0 Å². The van der Waals surface area contributed by atoms with Gasteiger partial charge in [0.25, 0.3) is 0 Å². The molecule has 19 heavy (non-hydrogen) atoms. The number of nitrogens with zero attached hydrogens (tertiary/aromatic N) is 2. The molecule has 1 unspecified atom stereocenters. The number of hydrogen-bond acceptors (Lipinski definition) is 3. The van der Waals surface area contributed by atoms with Gasteiger partial charge in [-0.05, 0) is 17.0 Å². The molecule has 2 aromatic rings. The summed E-state index contributed by atoms with van der Waals surface area (Å²) in [5, 5.41) is 8.13. The first kappa shape index (κ1) is 12.1. The molecular weight excluding hydrogens is 256 g/mol. The van der Waals surface area contributed by atoms with Gasteiger partial charge in [0.15, 0.2) is 0 Å². The predicted octanol–water partition coefficient (Wildman–Crippen LogP) is 3.45. The van der Waals surface area contributed by atoms with Crippen LogP contribution in [-0.4, -0.2) is 16.6 Å². The van der Waals surface area contributed by atoms with Gasteiger partial charge in [-0.3, -0.25) is 4.79 Å². The zero-order valence-electron chi connectivity index (χ0n) is 10.6. The van der Waals surface area contributed by atoms with Crippen molar-refractivity contribution in [3.05, 3.63) is 58.3 Å². The van der Waals surface area contributed by atoms with Crippen LogP contribution in [-0.2, 0) is 4.79 Å². The van der Waals surface area contributed by atoms with E-state index in [1.807, 2.05) is 41.8 Å². The smallest absolute Gasteiger partial charge is 0.240 e. The fourth-order valence-corrected chi connectivity index (χ4v) is 3.05. The second-order valence-corrected chi connectivity index (χ2v) is 5.47. The molecule has 1 aliphatic heterocycles. The topological polar surface area (TPSA) is 32.7 Å². The van der Waals surface area contributed by atoms with Gasteiger partial charge in [0.05, 0.1) is 16.6 Å². The van der Waals surface area contributed by atoms with Crippen molar-refractivity contribution >= 4 is 23.0 Å². The monoisotopic (exact) mass is 270 g/mol. The zero-order chi connectivity index (χ0) is 13.2. The van der Waals surface area contributed by atoms with Crippen molar-refractivity contribution in [2.45, 2.75) is 19.4 Å². The third kappa shape index (κ3) is 2.31. The summed E-state index contributed by atoms with van der Waals surface area (Å²) in [5.41, 5.74) is 2.13. The highest BCUT2D eigenvalue weighted by molar-refractivity contribution is 7.12. The lowest BCUT2D eigenvalue weighted by atomic mass is 10.0. The fourth-order valence-electron chi connectivity index (χ4n) is 2.33. The van der Waals surface area contributed by atoms with Gasteiger partial charge in [0, 0.05) is 13.3 Å². The van der Waals surface area contributed by atoms with E-state index in [0.29, 0.717) is 0 Å². The number of carbonyl (C=O) groups is 1. The van der Waals surface area contributed by atoms with Gasteiger partial charge < -0.3 is 0 Å². The van der Waals surface area contributed by atoms with Crippen LogP contribution in [0.1, 0.15) is 29.8 Å². The number of benzene rings is 1. The Morgan fingerprint density at radius 1 is 1.26 bits per heavy atom. The van der Waals surface area contributed by atoms with Crippen molar-refractivity contribution < 1.29 is 4.79 Å². The molecule has 1 aliphatic rings. The Kier molecular flexibility index (Phi) is 3.17. The van der Waals surface area contributed by atoms with Gasteiger partial charge in [0.2, 0.25) is 5.91 Å². The van der Waals surface area contributed by atoms with Crippen molar-refractivity contribution in [2.24, 2.45) is 5.10 Å². The molecule has 0 radical (unpaired) electrons. The molecule has 3 rings (SSSR count). The van der Waals surface area contributed by atoms with Crippen molar-refractivity contribution in [2.75, 3.05) is 0 Å². The van der Waals surface area contributed by atoms with Crippen LogP contribution in [0.25, 0.3) is 0 Å². The summed E-state index contributed by atoms with van der Waals surface area (Å²) < 4.78 is 0. The van der Waals surface area contributed by atoms with Crippen LogP contribution in [0.4, 0.5) is 0 Å². The molecule has 0 aliphatic carbocycles. The van der Waals surface area contributed by atoms with E-state index in [1.165, 1.54) is 0 Å². The SMILES string of the molecule is CC(=O)N1N=C(c2cccs2)CC1c1ccccc1. The van der Waals surface area contributed by atoms with Gasteiger partial charge in [-0.25, -0.2) is 5.01 Å². The van der Waals surface area contributed by atoms with Gasteiger partial charge in [-0.2, -0.15) is 5.10 Å². The van der Waals surface area contributed by atoms with E-state index in [0.717, 1.165) is 22.6 Å². The van der Waals surface area contributed by atoms with E-state index in [9.17, 15) is 4.79 Å². The lowest BCUT2D eigenvalue weighted by molar-refractivity contribution is -0.130. The Morgan fingerprint density at radius 2 is 2.05 bits per heavy atom. The van der Waals surface area contributed by atoms with Crippen LogP contribution >= 0.6 is 11.3 Å². The minimum atomic E-state index is -0.0135. The van der Waals surface area contributed by atoms with E-state index in [1.54, 1.807) is 23.3 Å². The van der Waals surface area contributed by atoms with Crippen LogP contribution in [0.5, 0.6) is 0 Å². The zero-order valence-corrected chi connectivity index (χ0v) is 11.4. The van der Waals surface area contributed by atoms with Gasteiger partial charge in [-0.1, -0.05) is 36.4 Å². The lowest BCUT2D eigenvalue weighted by Gasteiger charge is -2.20. The van der Waals surface area contributed by atoms with Crippen LogP contribution < -0.4 is 0 Å². The summed E-state index contributed by atoms with van der Waals surface area (Å²) in [6, 6.07) is 14.2. The quantitative estimate of drug-likeness (QED) is 0.822. The number of rotatable bonds is 2. The van der Waals surface area contributed by atoms with Crippen LogP contribution in [0.3, 0.4) is 0 Å². The highest BCUT2D eigenvalue weighted by Crippen LogP contribution is 2.33. The third-order valence-electron chi connectivity index (χ3n) is 3.22. The molecule has 0 fully saturated rings. The minimum Gasteiger partial charge on any atom is -0.273 e. The Morgan fingerprint density at radius 3 is 2.68 bits per heavy atom. The number of carbonyl (C=O) groups excluding carboxylic acids is 1. The van der Waals surface area contributed by atoms with Crippen molar-refractivity contribution in [1.82, 2.24) is 5.01 Å². The summed E-state index contributed by atoms with van der Waals surface area (Å²) in [6.07, 6.45) is 0.782. The number of thiophene rings is 1. The Balaban J connectivity index is 1.94.